The number of carboxylic acids is 1. The van der Waals surface area contributed by atoms with Gasteiger partial charge in [-0.15, -0.1) is 0 Å². The minimum Gasteiger partial charge on any atom is -0.477 e. The highest BCUT2D eigenvalue weighted by Gasteiger charge is 2.17. The van der Waals surface area contributed by atoms with E-state index in [2.05, 4.69) is 20.1 Å². The number of hydrogen-bond donors (Lipinski definition) is 1. The first kappa shape index (κ1) is 13.0. The summed E-state index contributed by atoms with van der Waals surface area (Å²) in [6.07, 6.45) is 2.79. The van der Waals surface area contributed by atoms with Gasteiger partial charge in [-0.2, -0.15) is 5.10 Å². The van der Waals surface area contributed by atoms with Gasteiger partial charge in [0.1, 0.15) is 12.8 Å². The molecule has 2 aromatic rings. The van der Waals surface area contributed by atoms with Crippen molar-refractivity contribution in [3.8, 4) is 5.82 Å². The second-order valence-corrected chi connectivity index (χ2v) is 3.80. The number of rotatable bonds is 4. The number of hydrogen-bond acceptors (Lipinski definition) is 5. The van der Waals surface area contributed by atoms with Gasteiger partial charge < -0.3 is 9.94 Å². The van der Waals surface area contributed by atoms with Gasteiger partial charge in [-0.25, -0.2) is 14.5 Å². The van der Waals surface area contributed by atoms with Crippen molar-refractivity contribution in [1.82, 2.24) is 14.8 Å². The summed E-state index contributed by atoms with van der Waals surface area (Å²) >= 11 is 5.97. The lowest BCUT2D eigenvalue weighted by Gasteiger charge is -2.04. The van der Waals surface area contributed by atoms with Crippen LogP contribution in [0.2, 0.25) is 5.02 Å². The molecule has 0 spiro atoms. The van der Waals surface area contributed by atoms with Crippen LogP contribution in [0.5, 0.6) is 0 Å². The molecule has 0 bridgehead atoms. The van der Waals surface area contributed by atoms with E-state index in [1.54, 1.807) is 12.1 Å². The highest BCUT2D eigenvalue weighted by molar-refractivity contribution is 6.32. The normalized spacial score (nSPS) is 10.8. The fourth-order valence-corrected chi connectivity index (χ4v) is 1.62. The zero-order valence-electron chi connectivity index (χ0n) is 9.82. The van der Waals surface area contributed by atoms with E-state index in [-0.39, 0.29) is 11.5 Å². The van der Waals surface area contributed by atoms with Crippen LogP contribution >= 0.6 is 11.6 Å². The Bertz CT molecular complexity index is 639. The molecular weight excluding hydrogens is 272 g/mol. The summed E-state index contributed by atoms with van der Waals surface area (Å²) < 4.78 is 1.14. The van der Waals surface area contributed by atoms with Crippen LogP contribution < -0.4 is 0 Å². The van der Waals surface area contributed by atoms with Gasteiger partial charge in [-0.05, 0) is 12.1 Å². The van der Waals surface area contributed by atoms with E-state index < -0.39 is 5.97 Å². The fraction of sp³-hybridized carbons (Fsp3) is 0.0909. The number of pyridine rings is 1. The van der Waals surface area contributed by atoms with Gasteiger partial charge in [0.15, 0.2) is 11.5 Å². The maximum atomic E-state index is 11.2. The molecule has 8 heteroatoms. The van der Waals surface area contributed by atoms with Gasteiger partial charge in [0.25, 0.3) is 0 Å². The van der Waals surface area contributed by atoms with Crippen molar-refractivity contribution in [2.75, 3.05) is 7.11 Å². The van der Waals surface area contributed by atoms with E-state index in [0.29, 0.717) is 10.7 Å². The van der Waals surface area contributed by atoms with Crippen LogP contribution in [0, 0.1) is 0 Å². The molecule has 0 amide bonds. The molecule has 2 heterocycles. The van der Waals surface area contributed by atoms with Gasteiger partial charge in [0, 0.05) is 12.3 Å². The van der Waals surface area contributed by atoms with Crippen LogP contribution in [-0.4, -0.2) is 39.2 Å². The van der Waals surface area contributed by atoms with Crippen molar-refractivity contribution in [3.05, 3.63) is 40.8 Å². The lowest BCUT2D eigenvalue weighted by Crippen LogP contribution is -2.09. The smallest absolute Gasteiger partial charge is 0.354 e. The van der Waals surface area contributed by atoms with Gasteiger partial charge in [-0.1, -0.05) is 16.8 Å². The van der Waals surface area contributed by atoms with Crippen LogP contribution in [0.3, 0.4) is 0 Å². The van der Waals surface area contributed by atoms with Crippen molar-refractivity contribution in [2.45, 2.75) is 0 Å². The van der Waals surface area contributed by atoms with E-state index in [1.807, 2.05) is 0 Å². The molecule has 0 aliphatic rings. The molecule has 0 radical (unpaired) electrons. The predicted octanol–water partition coefficient (Wildman–Crippen LogP) is 1.60. The lowest BCUT2D eigenvalue weighted by atomic mass is 10.3. The molecular formula is C11H9ClN4O3. The zero-order valence-corrected chi connectivity index (χ0v) is 10.6. The molecule has 1 N–H and O–H groups in total. The maximum absolute atomic E-state index is 11.2. The molecule has 0 aliphatic carbocycles. The number of carboxylic acid groups (broad SMARTS) is 1. The van der Waals surface area contributed by atoms with E-state index in [0.717, 1.165) is 4.68 Å². The van der Waals surface area contributed by atoms with Crippen molar-refractivity contribution in [2.24, 2.45) is 5.16 Å². The molecule has 2 aromatic heterocycles. The Balaban J connectivity index is 2.55. The standard InChI is InChI=1S/C11H9ClN4O3/c1-19-14-6-7-5-9(11(17)18)16(15-7)10-8(12)3-2-4-13-10/h2-6H,1H3,(H,17,18). The van der Waals surface area contributed by atoms with Crippen molar-refractivity contribution >= 4 is 23.8 Å². The summed E-state index contributed by atoms with van der Waals surface area (Å²) in [5, 5.41) is 17.0. The predicted molar refractivity (Wildman–Crippen MR) is 67.9 cm³/mol. The Hall–Kier alpha value is -2.41. The average Bonchev–Trinajstić information content (AvgIpc) is 2.81. The summed E-state index contributed by atoms with van der Waals surface area (Å²) in [6, 6.07) is 4.58. The third-order valence-electron chi connectivity index (χ3n) is 2.18. The Morgan fingerprint density at radius 3 is 3.05 bits per heavy atom. The van der Waals surface area contributed by atoms with E-state index in [1.165, 1.54) is 25.6 Å². The topological polar surface area (TPSA) is 89.6 Å². The second kappa shape index (κ2) is 5.49. The summed E-state index contributed by atoms with van der Waals surface area (Å²) in [5.41, 5.74) is 0.249. The number of aromatic nitrogens is 3. The van der Waals surface area contributed by atoms with Crippen LogP contribution in [-0.2, 0) is 4.84 Å². The molecule has 0 saturated carbocycles. The zero-order chi connectivity index (χ0) is 13.8. The van der Waals surface area contributed by atoms with Crippen LogP contribution in [0.4, 0.5) is 0 Å². The number of carbonyl (C=O) groups is 1. The van der Waals surface area contributed by atoms with Crippen LogP contribution in [0.1, 0.15) is 16.2 Å². The highest BCUT2D eigenvalue weighted by atomic mass is 35.5. The SMILES string of the molecule is CON=Cc1cc(C(=O)O)n(-c2ncccc2Cl)n1. The molecule has 98 valence electrons. The largest absolute Gasteiger partial charge is 0.477 e. The lowest BCUT2D eigenvalue weighted by molar-refractivity contribution is 0.0687. The van der Waals surface area contributed by atoms with E-state index in [4.69, 9.17) is 16.7 Å². The van der Waals surface area contributed by atoms with Gasteiger partial charge >= 0.3 is 5.97 Å². The number of halogens is 1. The number of nitrogens with zero attached hydrogens (tertiary/aromatic N) is 4. The van der Waals surface area contributed by atoms with E-state index in [9.17, 15) is 4.79 Å². The van der Waals surface area contributed by atoms with Crippen LogP contribution in [0.25, 0.3) is 5.82 Å². The first-order valence-electron chi connectivity index (χ1n) is 5.14. The first-order valence-corrected chi connectivity index (χ1v) is 5.52. The minimum absolute atomic E-state index is 0.0712. The Morgan fingerprint density at radius 1 is 1.63 bits per heavy atom. The van der Waals surface area contributed by atoms with Crippen molar-refractivity contribution in [1.29, 1.82) is 0 Å². The molecule has 0 aliphatic heterocycles. The molecule has 0 saturated heterocycles. The average molecular weight is 281 g/mol. The summed E-state index contributed by atoms with van der Waals surface area (Å²) in [4.78, 5) is 19.7. The molecule has 0 aromatic carbocycles. The number of aromatic carboxylic acids is 1. The Kier molecular flexibility index (Phi) is 3.76. The van der Waals surface area contributed by atoms with Gasteiger partial charge in [0.05, 0.1) is 11.2 Å². The Labute approximate surface area is 113 Å². The third-order valence-corrected chi connectivity index (χ3v) is 2.47. The van der Waals surface area contributed by atoms with Crippen LogP contribution in [0.15, 0.2) is 29.6 Å². The molecule has 2 rings (SSSR count). The molecule has 0 fully saturated rings. The summed E-state index contributed by atoms with van der Waals surface area (Å²) in [6.45, 7) is 0. The highest BCUT2D eigenvalue weighted by Crippen LogP contribution is 2.18. The Morgan fingerprint density at radius 2 is 2.42 bits per heavy atom. The first-order chi connectivity index (χ1) is 9.13. The van der Waals surface area contributed by atoms with Crippen molar-refractivity contribution in [3.63, 3.8) is 0 Å². The third kappa shape index (κ3) is 2.71. The van der Waals surface area contributed by atoms with Gasteiger partial charge in [0.2, 0.25) is 0 Å². The number of oxime groups is 1. The molecule has 0 atom stereocenters. The maximum Gasteiger partial charge on any atom is 0.354 e. The van der Waals surface area contributed by atoms with Crippen molar-refractivity contribution < 1.29 is 14.7 Å². The second-order valence-electron chi connectivity index (χ2n) is 3.40. The minimum atomic E-state index is -1.15. The summed E-state index contributed by atoms with van der Waals surface area (Å²) in [5.74, 6) is -0.912. The summed E-state index contributed by atoms with van der Waals surface area (Å²) in [7, 11) is 1.38. The van der Waals surface area contributed by atoms with E-state index >= 15 is 0 Å². The molecule has 19 heavy (non-hydrogen) atoms. The quantitative estimate of drug-likeness (QED) is 0.678. The fourth-order valence-electron chi connectivity index (χ4n) is 1.42. The van der Waals surface area contributed by atoms with Gasteiger partial charge in [-0.3, -0.25) is 0 Å². The molecule has 0 unspecified atom stereocenters. The monoisotopic (exact) mass is 280 g/mol. The molecule has 7 nitrogen and oxygen atoms in total.